The third kappa shape index (κ3) is 12.2. The number of carboxylic acids is 2. The molecule has 0 radical (unpaired) electrons. The Morgan fingerprint density at radius 3 is 1.97 bits per heavy atom. The Balaban J connectivity index is 3.08. The van der Waals surface area contributed by atoms with Crippen LogP contribution in [0.4, 0.5) is 0 Å². The lowest BCUT2D eigenvalue weighted by Gasteiger charge is -2.25. The molecule has 4 unspecified atom stereocenters. The van der Waals surface area contributed by atoms with Gasteiger partial charge in [0.25, 0.3) is 0 Å². The van der Waals surface area contributed by atoms with E-state index in [0.29, 0.717) is 11.3 Å². The van der Waals surface area contributed by atoms with Gasteiger partial charge in [0, 0.05) is 12.8 Å². The van der Waals surface area contributed by atoms with Crippen LogP contribution in [0.1, 0.15) is 31.2 Å². The molecule has 204 valence electrons. The number of rotatable bonds is 17. The zero-order chi connectivity index (χ0) is 28.0. The number of primary amides is 1. The summed E-state index contributed by atoms with van der Waals surface area (Å²) in [5.41, 5.74) is 11.5. The van der Waals surface area contributed by atoms with Crippen LogP contribution in [0.25, 0.3) is 0 Å². The first-order valence-electron chi connectivity index (χ1n) is 11.4. The molecule has 0 aliphatic rings. The number of carbonyl (C=O) groups excluding carboxylic acids is 4. The van der Waals surface area contributed by atoms with Crippen molar-refractivity contribution in [2.75, 3.05) is 12.0 Å². The van der Waals surface area contributed by atoms with Gasteiger partial charge in [0.2, 0.25) is 23.6 Å². The molecular weight excluding hydrogens is 506 g/mol. The maximum atomic E-state index is 13.1. The maximum absolute atomic E-state index is 13.1. The summed E-state index contributed by atoms with van der Waals surface area (Å²) < 4.78 is 0. The molecule has 0 aliphatic heterocycles. The van der Waals surface area contributed by atoms with Gasteiger partial charge in [0.1, 0.15) is 18.1 Å². The minimum absolute atomic E-state index is 0.0166. The number of hydrogen-bond donors (Lipinski definition) is 7. The van der Waals surface area contributed by atoms with Crippen LogP contribution >= 0.6 is 11.8 Å². The first kappa shape index (κ1) is 31.4. The molecule has 1 aromatic rings. The lowest BCUT2D eigenvalue weighted by atomic mass is 10.0. The standard InChI is InChI=1S/C23H33N5O8S/c1-37-10-9-15(26-20(32)14(24)7-8-18(25)29)21(33)27-16(11-13-5-3-2-4-6-13)22(34)28-17(23(35)36)12-19(30)31/h2-6,14-17H,7-12,24H2,1H3,(H2,25,29)(H,26,32)(H,27,33)(H,28,34)(H,30,31)(H,35,36). The number of benzene rings is 1. The number of aliphatic carboxylic acids is 2. The van der Waals surface area contributed by atoms with Crippen LogP contribution in [-0.4, -0.2) is 82.0 Å². The summed E-state index contributed by atoms with van der Waals surface area (Å²) in [6, 6.07) is 3.41. The summed E-state index contributed by atoms with van der Waals surface area (Å²) >= 11 is 1.42. The number of hydrogen-bond acceptors (Lipinski definition) is 8. The topological polar surface area (TPSA) is 231 Å². The van der Waals surface area contributed by atoms with Gasteiger partial charge in [-0.3, -0.25) is 24.0 Å². The largest absolute Gasteiger partial charge is 0.481 e. The van der Waals surface area contributed by atoms with E-state index in [0.717, 1.165) is 0 Å². The fraction of sp³-hybridized carbons (Fsp3) is 0.478. The van der Waals surface area contributed by atoms with Crippen molar-refractivity contribution in [1.82, 2.24) is 16.0 Å². The molecule has 14 heteroatoms. The lowest BCUT2D eigenvalue weighted by molar-refractivity contribution is -0.147. The van der Waals surface area contributed by atoms with Crippen molar-refractivity contribution < 1.29 is 39.0 Å². The van der Waals surface area contributed by atoms with E-state index in [2.05, 4.69) is 16.0 Å². The first-order valence-corrected chi connectivity index (χ1v) is 12.8. The van der Waals surface area contributed by atoms with Crippen LogP contribution in [0.15, 0.2) is 30.3 Å². The van der Waals surface area contributed by atoms with E-state index in [1.165, 1.54) is 11.8 Å². The van der Waals surface area contributed by atoms with Crippen LogP contribution in [0.5, 0.6) is 0 Å². The number of nitrogens with two attached hydrogens (primary N) is 2. The number of nitrogens with one attached hydrogen (secondary N) is 3. The van der Waals surface area contributed by atoms with Crippen LogP contribution in [0, 0.1) is 0 Å². The van der Waals surface area contributed by atoms with Gasteiger partial charge in [-0.05, 0) is 30.4 Å². The third-order valence-corrected chi connectivity index (χ3v) is 5.84. The number of thioether (sulfide) groups is 1. The van der Waals surface area contributed by atoms with E-state index in [-0.39, 0.29) is 25.7 Å². The first-order chi connectivity index (χ1) is 17.4. The highest BCUT2D eigenvalue weighted by Gasteiger charge is 2.31. The Hall–Kier alpha value is -3.65. The molecule has 0 spiro atoms. The molecule has 0 saturated carbocycles. The van der Waals surface area contributed by atoms with Crippen LogP contribution in [-0.2, 0) is 35.2 Å². The maximum Gasteiger partial charge on any atom is 0.326 e. The van der Waals surface area contributed by atoms with Gasteiger partial charge in [-0.25, -0.2) is 4.79 Å². The molecule has 0 fully saturated rings. The van der Waals surface area contributed by atoms with Crippen LogP contribution < -0.4 is 27.4 Å². The van der Waals surface area contributed by atoms with Crippen molar-refractivity contribution in [2.24, 2.45) is 11.5 Å². The van der Waals surface area contributed by atoms with E-state index >= 15 is 0 Å². The van der Waals surface area contributed by atoms with Crippen molar-refractivity contribution in [2.45, 2.75) is 56.3 Å². The van der Waals surface area contributed by atoms with Gasteiger partial charge >= 0.3 is 11.9 Å². The van der Waals surface area contributed by atoms with Crippen LogP contribution in [0.2, 0.25) is 0 Å². The van der Waals surface area contributed by atoms with Crippen LogP contribution in [0.3, 0.4) is 0 Å². The van der Waals surface area contributed by atoms with Gasteiger partial charge in [0.15, 0.2) is 0 Å². The molecule has 37 heavy (non-hydrogen) atoms. The summed E-state index contributed by atoms with van der Waals surface area (Å²) in [5.74, 6) is -5.43. The quantitative estimate of drug-likeness (QED) is 0.122. The fourth-order valence-electron chi connectivity index (χ4n) is 3.19. The molecule has 1 rings (SSSR count). The predicted octanol–water partition coefficient (Wildman–Crippen LogP) is -1.41. The summed E-state index contributed by atoms with van der Waals surface area (Å²) in [7, 11) is 0. The molecule has 0 saturated heterocycles. The minimum atomic E-state index is -1.71. The van der Waals surface area contributed by atoms with Gasteiger partial charge in [-0.1, -0.05) is 30.3 Å². The fourth-order valence-corrected chi connectivity index (χ4v) is 3.66. The van der Waals surface area contributed by atoms with E-state index in [9.17, 15) is 33.9 Å². The second kappa shape index (κ2) is 16.2. The second-order valence-electron chi connectivity index (χ2n) is 8.20. The van der Waals surface area contributed by atoms with Gasteiger partial charge < -0.3 is 37.6 Å². The van der Waals surface area contributed by atoms with E-state index in [1.807, 2.05) is 0 Å². The van der Waals surface area contributed by atoms with Crippen molar-refractivity contribution >= 4 is 47.3 Å². The number of carbonyl (C=O) groups is 6. The zero-order valence-electron chi connectivity index (χ0n) is 20.3. The monoisotopic (exact) mass is 539 g/mol. The van der Waals surface area contributed by atoms with Crippen molar-refractivity contribution in [3.8, 4) is 0 Å². The van der Waals surface area contributed by atoms with Crippen molar-refractivity contribution in [3.63, 3.8) is 0 Å². The van der Waals surface area contributed by atoms with Gasteiger partial charge in [-0.2, -0.15) is 11.8 Å². The lowest BCUT2D eigenvalue weighted by Crippen LogP contribution is -2.58. The van der Waals surface area contributed by atoms with Crippen molar-refractivity contribution in [1.29, 1.82) is 0 Å². The third-order valence-electron chi connectivity index (χ3n) is 5.19. The molecule has 9 N–H and O–H groups in total. The average Bonchev–Trinajstić information content (AvgIpc) is 2.84. The molecule has 0 aliphatic carbocycles. The predicted molar refractivity (Wildman–Crippen MR) is 135 cm³/mol. The highest BCUT2D eigenvalue weighted by molar-refractivity contribution is 7.98. The number of carboxylic acid groups (broad SMARTS) is 2. The summed E-state index contributed by atoms with van der Waals surface area (Å²) in [4.78, 5) is 72.0. The normalized spacial score (nSPS) is 13.9. The Morgan fingerprint density at radius 1 is 0.865 bits per heavy atom. The Kier molecular flexibility index (Phi) is 13.7. The Morgan fingerprint density at radius 2 is 1.43 bits per heavy atom. The molecule has 4 amide bonds. The smallest absolute Gasteiger partial charge is 0.326 e. The second-order valence-corrected chi connectivity index (χ2v) is 9.19. The zero-order valence-corrected chi connectivity index (χ0v) is 21.2. The molecule has 4 atom stereocenters. The molecule has 13 nitrogen and oxygen atoms in total. The molecule has 0 bridgehead atoms. The highest BCUT2D eigenvalue weighted by atomic mass is 32.2. The SMILES string of the molecule is CSCCC(NC(=O)C(N)CCC(N)=O)C(=O)NC(Cc1ccccc1)C(=O)NC(CC(=O)O)C(=O)O. The van der Waals surface area contributed by atoms with E-state index in [4.69, 9.17) is 16.6 Å². The summed E-state index contributed by atoms with van der Waals surface area (Å²) in [6.45, 7) is 0. The summed E-state index contributed by atoms with van der Waals surface area (Å²) in [6.07, 6.45) is 0.975. The molecule has 0 aromatic heterocycles. The van der Waals surface area contributed by atoms with Gasteiger partial charge in [0.05, 0.1) is 12.5 Å². The Bertz CT molecular complexity index is 962. The molecule has 1 aromatic carbocycles. The Labute approximate surface area is 218 Å². The molecule has 0 heterocycles. The summed E-state index contributed by atoms with van der Waals surface area (Å²) in [5, 5.41) is 25.5. The van der Waals surface area contributed by atoms with E-state index < -0.39 is 66.2 Å². The van der Waals surface area contributed by atoms with E-state index in [1.54, 1.807) is 36.6 Å². The highest BCUT2D eigenvalue weighted by Crippen LogP contribution is 2.08. The van der Waals surface area contributed by atoms with Crippen molar-refractivity contribution in [3.05, 3.63) is 35.9 Å². The average molecular weight is 540 g/mol. The molecular formula is C23H33N5O8S. The number of amides is 4. The van der Waals surface area contributed by atoms with Gasteiger partial charge in [-0.15, -0.1) is 0 Å². The minimum Gasteiger partial charge on any atom is -0.481 e.